The van der Waals surface area contributed by atoms with Crippen molar-refractivity contribution >= 4 is 21.9 Å². The van der Waals surface area contributed by atoms with Crippen molar-refractivity contribution in [1.82, 2.24) is 0 Å². The maximum Gasteiger partial charge on any atom is 0.309 e. The van der Waals surface area contributed by atoms with Crippen molar-refractivity contribution in [2.24, 2.45) is 40.4 Å². The lowest BCUT2D eigenvalue weighted by Crippen LogP contribution is -2.58. The van der Waals surface area contributed by atoms with Crippen molar-refractivity contribution in [2.45, 2.75) is 83.1 Å². The zero-order valence-electron chi connectivity index (χ0n) is 21.3. The molecule has 6 nitrogen and oxygen atoms in total. The number of methoxy groups -OCH3 is 1. The second-order valence-corrected chi connectivity index (χ2v) is 13.7. The summed E-state index contributed by atoms with van der Waals surface area (Å²) in [6, 6.07) is 6.77. The highest BCUT2D eigenvalue weighted by Crippen LogP contribution is 2.66. The van der Waals surface area contributed by atoms with Crippen molar-refractivity contribution in [1.29, 1.82) is 0 Å². The Kier molecular flexibility index (Phi) is 6.19. The molecule has 0 heterocycles. The van der Waals surface area contributed by atoms with Crippen LogP contribution in [0, 0.1) is 47.3 Å². The van der Waals surface area contributed by atoms with E-state index in [4.69, 9.17) is 8.92 Å². The molecule has 8 atom stereocenters. The summed E-state index contributed by atoms with van der Waals surface area (Å²) in [5, 5.41) is 0. The number of Topliss-reactive ketones (excluding diaryl/α,β-unsaturated/α-hetero) is 1. The maximum absolute atomic E-state index is 13.7. The number of benzene rings is 1. The van der Waals surface area contributed by atoms with E-state index in [2.05, 4.69) is 13.8 Å². The van der Waals surface area contributed by atoms with Crippen LogP contribution < -0.4 is 0 Å². The highest BCUT2D eigenvalue weighted by molar-refractivity contribution is 7.86. The van der Waals surface area contributed by atoms with Gasteiger partial charge in [0.1, 0.15) is 5.78 Å². The molecule has 0 radical (unpaired) electrons. The van der Waals surface area contributed by atoms with Crippen LogP contribution in [0.5, 0.6) is 0 Å². The van der Waals surface area contributed by atoms with Crippen molar-refractivity contribution < 1.29 is 26.9 Å². The number of carbonyl (C=O) groups is 2. The molecular weight excluding hydrogens is 464 g/mol. The number of carbonyl (C=O) groups excluding carboxylic acids is 2. The molecule has 7 heteroatoms. The van der Waals surface area contributed by atoms with Crippen LogP contribution in [-0.4, -0.2) is 33.4 Å². The largest absolute Gasteiger partial charge is 0.469 e. The molecule has 0 bridgehead atoms. The molecule has 4 saturated carbocycles. The lowest BCUT2D eigenvalue weighted by atomic mass is 9.44. The second-order valence-electron chi connectivity index (χ2n) is 12.1. The fourth-order valence-electron chi connectivity index (χ4n) is 8.59. The molecule has 192 valence electrons. The van der Waals surface area contributed by atoms with Crippen molar-refractivity contribution in [3.8, 4) is 0 Å². The minimum atomic E-state index is -3.82. The van der Waals surface area contributed by atoms with E-state index in [1.807, 2.05) is 6.92 Å². The van der Waals surface area contributed by atoms with E-state index in [9.17, 15) is 18.0 Å². The average molecular weight is 503 g/mol. The molecule has 1 aromatic rings. The third-order valence-electron chi connectivity index (χ3n) is 10.4. The molecule has 0 N–H and O–H groups in total. The summed E-state index contributed by atoms with van der Waals surface area (Å²) in [6.07, 6.45) is 5.92. The topological polar surface area (TPSA) is 86.7 Å². The number of esters is 1. The Labute approximate surface area is 209 Å². The number of fused-ring (bicyclic) bond motifs is 5. The molecule has 0 saturated heterocycles. The van der Waals surface area contributed by atoms with Crippen LogP contribution in [0.15, 0.2) is 29.2 Å². The van der Waals surface area contributed by atoms with Crippen LogP contribution in [0.2, 0.25) is 0 Å². The summed E-state index contributed by atoms with van der Waals surface area (Å²) < 4.78 is 36.6. The van der Waals surface area contributed by atoms with Gasteiger partial charge in [0.2, 0.25) is 0 Å². The van der Waals surface area contributed by atoms with Crippen molar-refractivity contribution in [3.63, 3.8) is 0 Å². The van der Waals surface area contributed by atoms with Crippen molar-refractivity contribution in [3.05, 3.63) is 29.8 Å². The molecule has 0 spiro atoms. The van der Waals surface area contributed by atoms with Crippen LogP contribution in [0.25, 0.3) is 0 Å². The molecule has 4 aliphatic rings. The predicted molar refractivity (Wildman–Crippen MR) is 131 cm³/mol. The van der Waals surface area contributed by atoms with Crippen LogP contribution in [0.1, 0.15) is 70.8 Å². The van der Waals surface area contributed by atoms with Crippen LogP contribution in [0.4, 0.5) is 0 Å². The monoisotopic (exact) mass is 502 g/mol. The third kappa shape index (κ3) is 3.97. The van der Waals surface area contributed by atoms with Gasteiger partial charge in [0.25, 0.3) is 10.1 Å². The van der Waals surface area contributed by atoms with Gasteiger partial charge in [0.15, 0.2) is 0 Å². The van der Waals surface area contributed by atoms with Gasteiger partial charge in [-0.3, -0.25) is 13.8 Å². The summed E-state index contributed by atoms with van der Waals surface area (Å²) in [5.41, 5.74) is 0.553. The van der Waals surface area contributed by atoms with E-state index in [0.29, 0.717) is 36.9 Å². The van der Waals surface area contributed by atoms with E-state index in [-0.39, 0.29) is 45.6 Å². The fourth-order valence-corrected chi connectivity index (χ4v) is 9.70. The number of ketones is 1. The number of ether oxygens (including phenoxy) is 1. The van der Waals surface area contributed by atoms with E-state index < -0.39 is 10.1 Å². The second kappa shape index (κ2) is 8.69. The van der Waals surface area contributed by atoms with Gasteiger partial charge in [-0.2, -0.15) is 8.42 Å². The van der Waals surface area contributed by atoms with Gasteiger partial charge in [-0.25, -0.2) is 0 Å². The van der Waals surface area contributed by atoms with Gasteiger partial charge in [-0.1, -0.05) is 31.5 Å². The third-order valence-corrected chi connectivity index (χ3v) is 11.7. The smallest absolute Gasteiger partial charge is 0.309 e. The lowest BCUT2D eigenvalue weighted by Gasteiger charge is -2.59. The van der Waals surface area contributed by atoms with Gasteiger partial charge >= 0.3 is 5.97 Å². The van der Waals surface area contributed by atoms with Gasteiger partial charge in [-0.15, -0.1) is 0 Å². The Morgan fingerprint density at radius 2 is 1.71 bits per heavy atom. The average Bonchev–Trinajstić information content (AvgIpc) is 3.15. The minimum absolute atomic E-state index is 0.00891. The summed E-state index contributed by atoms with van der Waals surface area (Å²) in [6.45, 7) is 6.31. The summed E-state index contributed by atoms with van der Waals surface area (Å²) in [5.74, 6) is 0.849. The standard InChI is InChI=1S/C28H38O6S/c1-17-5-8-20(9-6-17)35(31,32)34-19-13-14-27(2)18(15-19)7-10-21-22-11-12-23(26(30)33-4)28(22,3)16-24(29)25(21)27/h5-6,8-9,18-19,21-23,25H,7,10-16H2,1-4H3/t18-,19-,21-,22-,23+,25+,27-,28-/m0/s1. The lowest BCUT2D eigenvalue weighted by molar-refractivity contribution is -0.166. The SMILES string of the molecule is COC(=O)[C@H]1CC[C@H]2[C@@H]3CC[C@H]4C[C@@H](OS(=O)(=O)c5ccc(C)cc5)CC[C@]4(C)[C@H]3C(=O)C[C@]12C. The fraction of sp³-hybridized carbons (Fsp3) is 0.714. The summed E-state index contributed by atoms with van der Waals surface area (Å²) in [7, 11) is -2.37. The molecule has 5 rings (SSSR count). The maximum atomic E-state index is 13.7. The molecule has 35 heavy (non-hydrogen) atoms. The Morgan fingerprint density at radius 3 is 2.40 bits per heavy atom. The van der Waals surface area contributed by atoms with Crippen LogP contribution in [-0.2, 0) is 28.6 Å². The number of hydrogen-bond donors (Lipinski definition) is 0. The summed E-state index contributed by atoms with van der Waals surface area (Å²) in [4.78, 5) is 26.4. The highest BCUT2D eigenvalue weighted by atomic mass is 32.2. The number of hydrogen-bond acceptors (Lipinski definition) is 6. The first kappa shape index (κ1) is 24.9. The minimum Gasteiger partial charge on any atom is -0.469 e. The van der Waals surface area contributed by atoms with E-state index in [1.165, 1.54) is 7.11 Å². The van der Waals surface area contributed by atoms with Crippen LogP contribution >= 0.6 is 0 Å². The molecular formula is C28H38O6S. The van der Waals surface area contributed by atoms with Crippen molar-refractivity contribution in [2.75, 3.05) is 7.11 Å². The Bertz CT molecular complexity index is 1110. The Balaban J connectivity index is 1.33. The zero-order chi connectivity index (χ0) is 25.2. The first-order valence-corrected chi connectivity index (χ1v) is 14.5. The molecule has 0 aromatic heterocycles. The molecule has 4 aliphatic carbocycles. The quantitative estimate of drug-likeness (QED) is 0.422. The van der Waals surface area contributed by atoms with Gasteiger partial charge in [0, 0.05) is 12.3 Å². The first-order valence-electron chi connectivity index (χ1n) is 13.1. The number of rotatable bonds is 4. The Morgan fingerprint density at radius 1 is 1.00 bits per heavy atom. The van der Waals surface area contributed by atoms with Gasteiger partial charge in [-0.05, 0) is 92.6 Å². The van der Waals surface area contributed by atoms with Gasteiger partial charge < -0.3 is 4.74 Å². The molecule has 1 aromatic carbocycles. The normalized spacial score (nSPS) is 41.0. The molecule has 0 aliphatic heterocycles. The number of aryl methyl sites for hydroxylation is 1. The molecule has 4 fully saturated rings. The molecule has 0 unspecified atom stereocenters. The predicted octanol–water partition coefficient (Wildman–Crippen LogP) is 5.08. The Hall–Kier alpha value is -1.73. The zero-order valence-corrected chi connectivity index (χ0v) is 22.1. The van der Waals surface area contributed by atoms with E-state index in [0.717, 1.165) is 37.7 Å². The van der Waals surface area contributed by atoms with E-state index in [1.54, 1.807) is 24.3 Å². The highest BCUT2D eigenvalue weighted by Gasteiger charge is 2.64. The first-order chi connectivity index (χ1) is 16.5. The van der Waals surface area contributed by atoms with Gasteiger partial charge in [0.05, 0.1) is 24.0 Å². The van der Waals surface area contributed by atoms with E-state index >= 15 is 0 Å². The summed E-state index contributed by atoms with van der Waals surface area (Å²) >= 11 is 0. The molecule has 0 amide bonds. The van der Waals surface area contributed by atoms with Crippen LogP contribution in [0.3, 0.4) is 0 Å².